The summed E-state index contributed by atoms with van der Waals surface area (Å²) < 4.78 is 54.2. The van der Waals surface area contributed by atoms with E-state index in [0.29, 0.717) is 44.0 Å². The Kier molecular flexibility index (Phi) is 9.56. The number of hydrogen-bond donors (Lipinski definition) is 3. The highest BCUT2D eigenvalue weighted by Gasteiger charge is 2.37. The summed E-state index contributed by atoms with van der Waals surface area (Å²) in [5.41, 5.74) is -0.243. The molecule has 0 bridgehead atoms. The summed E-state index contributed by atoms with van der Waals surface area (Å²) in [6.45, 7) is 7.99. The van der Waals surface area contributed by atoms with Crippen LogP contribution >= 0.6 is 0 Å². The number of nitrogens with one attached hydrogen (secondary N) is 3. The van der Waals surface area contributed by atoms with Crippen molar-refractivity contribution in [2.45, 2.75) is 58.4 Å². The quantitative estimate of drug-likeness (QED) is 0.313. The molecule has 1 atom stereocenters. The molecule has 5 rings (SSSR count). The van der Waals surface area contributed by atoms with Crippen molar-refractivity contribution in [2.75, 3.05) is 41.7 Å². The van der Waals surface area contributed by atoms with Crippen LogP contribution in [0.15, 0.2) is 48.8 Å². The van der Waals surface area contributed by atoms with Gasteiger partial charge in [-0.3, -0.25) is 9.69 Å². The lowest BCUT2D eigenvalue weighted by Crippen LogP contribution is -2.55. The van der Waals surface area contributed by atoms with Crippen molar-refractivity contribution in [2.24, 2.45) is 0 Å². The summed E-state index contributed by atoms with van der Waals surface area (Å²) in [5, 5.41) is 8.30. The Balaban J connectivity index is 1.28. The van der Waals surface area contributed by atoms with Crippen LogP contribution in [0.25, 0.3) is 0 Å². The van der Waals surface area contributed by atoms with Gasteiger partial charge in [-0.1, -0.05) is 6.07 Å². The van der Waals surface area contributed by atoms with Crippen LogP contribution in [0.4, 0.5) is 40.0 Å². The largest absolute Gasteiger partial charge is 0.444 e. The highest BCUT2D eigenvalue weighted by Crippen LogP contribution is 2.36. The molecule has 12 nitrogen and oxygen atoms in total. The molecule has 2 aliphatic rings. The monoisotopic (exact) mass is 655 g/mol. The minimum Gasteiger partial charge on any atom is -0.444 e. The highest BCUT2D eigenvalue weighted by atomic mass is 19.4. The molecule has 250 valence electrons. The second-order valence-electron chi connectivity index (χ2n) is 12.3. The van der Waals surface area contributed by atoms with E-state index >= 15 is 0 Å². The number of rotatable bonds is 6. The Bertz CT molecular complexity index is 1660. The molecular weight excluding hydrogens is 619 g/mol. The fraction of sp³-hybridized carbons (Fsp3) is 0.406. The van der Waals surface area contributed by atoms with Crippen molar-refractivity contribution in [3.8, 4) is 11.6 Å². The van der Waals surface area contributed by atoms with Crippen LogP contribution < -0.4 is 25.6 Å². The second-order valence-corrected chi connectivity index (χ2v) is 12.3. The number of aromatic nitrogens is 2. The molecule has 0 saturated carbocycles. The number of carbonyl (C=O) groups excluding carboxylic acids is 3. The number of piperazine rings is 1. The number of alkyl halides is 3. The first-order valence-corrected chi connectivity index (χ1v) is 15.1. The number of halogens is 3. The van der Waals surface area contributed by atoms with E-state index in [1.54, 1.807) is 39.0 Å². The number of urea groups is 1. The maximum absolute atomic E-state index is 14.3. The van der Waals surface area contributed by atoms with E-state index in [-0.39, 0.29) is 35.3 Å². The van der Waals surface area contributed by atoms with E-state index in [1.807, 2.05) is 0 Å². The molecule has 1 fully saturated rings. The summed E-state index contributed by atoms with van der Waals surface area (Å²) in [6.07, 6.45) is -3.57. The number of benzene rings is 2. The van der Waals surface area contributed by atoms with Gasteiger partial charge in [0.2, 0.25) is 11.8 Å². The van der Waals surface area contributed by atoms with Gasteiger partial charge in [0, 0.05) is 50.5 Å². The van der Waals surface area contributed by atoms with E-state index in [2.05, 4.69) is 25.9 Å². The lowest BCUT2D eigenvalue weighted by Gasteiger charge is -2.37. The first-order chi connectivity index (χ1) is 22.2. The van der Waals surface area contributed by atoms with Crippen LogP contribution in [0.5, 0.6) is 11.6 Å². The van der Waals surface area contributed by atoms with Gasteiger partial charge in [0.05, 0.1) is 11.6 Å². The minimum absolute atomic E-state index is 0.00434. The Morgan fingerprint density at radius 1 is 1.02 bits per heavy atom. The molecule has 1 unspecified atom stereocenters. The molecule has 47 heavy (non-hydrogen) atoms. The first-order valence-electron chi connectivity index (χ1n) is 15.1. The molecule has 4 amide bonds. The zero-order valence-corrected chi connectivity index (χ0v) is 26.4. The van der Waals surface area contributed by atoms with Crippen molar-refractivity contribution >= 4 is 35.2 Å². The van der Waals surface area contributed by atoms with Gasteiger partial charge in [-0.25, -0.2) is 19.6 Å². The molecule has 15 heteroatoms. The van der Waals surface area contributed by atoms with Crippen molar-refractivity contribution in [3.63, 3.8) is 0 Å². The molecule has 0 spiro atoms. The van der Waals surface area contributed by atoms with E-state index < -0.39 is 35.5 Å². The number of carbonyl (C=O) groups is 3. The standard InChI is InChI=1S/C32H36F3N7O5/c1-19(43)39-27-16-28(38-18-37-27)46-24-7-8-26-21(14-24)9-11-42(26)29(44)40-22-6-5-20(25(15-22)32(33,34)35)13-23-17-36-10-12-41(23)30(45)47-31(2,3)4/h5-8,14-16,18,23,36H,9-13,17H2,1-4H3,(H,40,44)(H,37,38,39,43). The Morgan fingerprint density at radius 3 is 2.53 bits per heavy atom. The Hall–Kier alpha value is -4.92. The fourth-order valence-electron chi connectivity index (χ4n) is 5.46. The van der Waals surface area contributed by atoms with Crippen molar-refractivity contribution < 1.29 is 37.0 Å². The van der Waals surface area contributed by atoms with Gasteiger partial charge in [-0.2, -0.15) is 13.2 Å². The fourth-order valence-corrected chi connectivity index (χ4v) is 5.46. The molecule has 0 aliphatic carbocycles. The van der Waals surface area contributed by atoms with Crippen LogP contribution in [0, 0.1) is 0 Å². The number of anilines is 3. The molecular formula is C32H36F3N7O5. The third kappa shape index (κ3) is 8.47. The van der Waals surface area contributed by atoms with Gasteiger partial charge < -0.3 is 30.3 Å². The average molecular weight is 656 g/mol. The predicted molar refractivity (Wildman–Crippen MR) is 168 cm³/mol. The summed E-state index contributed by atoms with van der Waals surface area (Å²) >= 11 is 0. The van der Waals surface area contributed by atoms with Gasteiger partial charge in [0.1, 0.15) is 23.5 Å². The molecule has 2 aromatic carbocycles. The molecule has 2 aliphatic heterocycles. The van der Waals surface area contributed by atoms with Crippen LogP contribution in [-0.4, -0.2) is 70.7 Å². The van der Waals surface area contributed by atoms with Gasteiger partial charge in [-0.05, 0) is 75.1 Å². The van der Waals surface area contributed by atoms with E-state index in [9.17, 15) is 27.6 Å². The number of ether oxygens (including phenoxy) is 2. The summed E-state index contributed by atoms with van der Waals surface area (Å²) in [7, 11) is 0. The number of amides is 4. The molecule has 3 heterocycles. The molecule has 1 saturated heterocycles. The molecule has 1 aromatic heterocycles. The van der Waals surface area contributed by atoms with E-state index in [0.717, 1.165) is 11.6 Å². The Labute approximate surface area is 269 Å². The zero-order valence-electron chi connectivity index (χ0n) is 26.4. The third-order valence-electron chi connectivity index (χ3n) is 7.46. The maximum atomic E-state index is 14.3. The van der Waals surface area contributed by atoms with E-state index in [4.69, 9.17) is 9.47 Å². The minimum atomic E-state index is -4.70. The lowest BCUT2D eigenvalue weighted by atomic mass is 9.97. The van der Waals surface area contributed by atoms with Crippen LogP contribution in [0.3, 0.4) is 0 Å². The van der Waals surface area contributed by atoms with Gasteiger partial charge in [0.25, 0.3) is 0 Å². The Morgan fingerprint density at radius 2 is 1.81 bits per heavy atom. The van der Waals surface area contributed by atoms with Crippen LogP contribution in [-0.2, 0) is 28.5 Å². The predicted octanol–water partition coefficient (Wildman–Crippen LogP) is 5.59. The van der Waals surface area contributed by atoms with Crippen molar-refractivity contribution in [1.29, 1.82) is 0 Å². The topological polar surface area (TPSA) is 138 Å². The third-order valence-corrected chi connectivity index (χ3v) is 7.46. The number of nitrogens with zero attached hydrogens (tertiary/aromatic N) is 4. The number of hydrogen-bond acceptors (Lipinski definition) is 8. The average Bonchev–Trinajstić information content (AvgIpc) is 3.40. The highest BCUT2D eigenvalue weighted by molar-refractivity contribution is 6.03. The summed E-state index contributed by atoms with van der Waals surface area (Å²) in [5.74, 6) is 0.640. The first kappa shape index (κ1) is 33.4. The molecule has 3 aromatic rings. The van der Waals surface area contributed by atoms with Crippen molar-refractivity contribution in [1.82, 2.24) is 20.2 Å². The smallest absolute Gasteiger partial charge is 0.416 e. The maximum Gasteiger partial charge on any atom is 0.416 e. The van der Waals surface area contributed by atoms with Gasteiger partial charge in [-0.15, -0.1) is 0 Å². The normalized spacial score (nSPS) is 16.4. The number of fused-ring (bicyclic) bond motifs is 1. The molecule has 0 radical (unpaired) electrons. The molecule has 3 N–H and O–H groups in total. The lowest BCUT2D eigenvalue weighted by molar-refractivity contribution is -0.138. The van der Waals surface area contributed by atoms with Gasteiger partial charge in [0.15, 0.2) is 0 Å². The summed E-state index contributed by atoms with van der Waals surface area (Å²) in [6, 6.07) is 9.11. The van der Waals surface area contributed by atoms with Crippen LogP contribution in [0.1, 0.15) is 44.4 Å². The summed E-state index contributed by atoms with van der Waals surface area (Å²) in [4.78, 5) is 48.3. The van der Waals surface area contributed by atoms with Crippen LogP contribution in [0.2, 0.25) is 0 Å². The zero-order chi connectivity index (χ0) is 33.9. The van der Waals surface area contributed by atoms with Crippen molar-refractivity contribution in [3.05, 3.63) is 65.5 Å². The van der Waals surface area contributed by atoms with Gasteiger partial charge >= 0.3 is 18.3 Å². The van der Waals surface area contributed by atoms with E-state index in [1.165, 1.54) is 41.2 Å². The second kappa shape index (κ2) is 13.4. The SMILES string of the molecule is CC(=O)Nc1cc(Oc2ccc3c(c2)CCN3C(=O)Nc2ccc(CC3CNCCN3C(=O)OC(C)(C)C)c(C(F)(F)F)c2)ncn1.